The van der Waals surface area contributed by atoms with Gasteiger partial charge in [-0.05, 0) is 60.4 Å². The summed E-state index contributed by atoms with van der Waals surface area (Å²) in [5.74, 6) is 0.393. The van der Waals surface area contributed by atoms with E-state index in [9.17, 15) is 13.2 Å². The highest BCUT2D eigenvalue weighted by Gasteiger charge is 2.26. The summed E-state index contributed by atoms with van der Waals surface area (Å²) in [6.45, 7) is 0. The molecule has 0 saturated carbocycles. The van der Waals surface area contributed by atoms with Crippen molar-refractivity contribution >= 4 is 44.2 Å². The second-order valence-electron chi connectivity index (χ2n) is 6.47. The number of hydrogen-bond donors (Lipinski definition) is 2. The lowest BCUT2D eigenvalue weighted by molar-refractivity contribution is 0.196. The molecule has 2 N–H and O–H groups in total. The van der Waals surface area contributed by atoms with Crippen LogP contribution in [0.3, 0.4) is 0 Å². The zero-order valence-electron chi connectivity index (χ0n) is 15.0. The second-order valence-corrected chi connectivity index (χ2v) is 9.48. The molecule has 0 saturated heterocycles. The third-order valence-corrected chi connectivity index (χ3v) is 6.83. The molecule has 0 spiro atoms. The van der Waals surface area contributed by atoms with Gasteiger partial charge in [-0.25, -0.2) is 18.2 Å². The van der Waals surface area contributed by atoms with E-state index in [4.69, 9.17) is 16.3 Å². The summed E-state index contributed by atoms with van der Waals surface area (Å²) >= 11 is 7.02. The molecule has 1 aliphatic rings. The topological polar surface area (TPSA) is 97.4 Å². The maximum atomic E-state index is 12.5. The lowest BCUT2D eigenvalue weighted by Gasteiger charge is -2.12. The molecule has 3 aromatic rings. The maximum Gasteiger partial charge on any atom is 0.412 e. The highest BCUT2D eigenvalue weighted by atomic mass is 35.5. The van der Waals surface area contributed by atoms with E-state index in [0.717, 1.165) is 11.1 Å². The average molecular weight is 452 g/mol. The van der Waals surface area contributed by atoms with Gasteiger partial charge in [0.1, 0.15) is 5.75 Å². The first-order valence-electron chi connectivity index (χ1n) is 8.67. The van der Waals surface area contributed by atoms with Crippen molar-refractivity contribution in [3.63, 3.8) is 0 Å². The molecule has 1 amide bonds. The van der Waals surface area contributed by atoms with E-state index in [1.807, 2.05) is 0 Å². The number of fused-ring (bicyclic) bond motifs is 1. The van der Waals surface area contributed by atoms with E-state index >= 15 is 0 Å². The van der Waals surface area contributed by atoms with Crippen molar-refractivity contribution in [1.82, 2.24) is 10.3 Å². The van der Waals surface area contributed by atoms with Gasteiger partial charge in [-0.1, -0.05) is 17.7 Å². The summed E-state index contributed by atoms with van der Waals surface area (Å²) in [5, 5.41) is 5.38. The van der Waals surface area contributed by atoms with Crippen LogP contribution in [0.5, 0.6) is 5.75 Å². The fourth-order valence-electron chi connectivity index (χ4n) is 3.12. The minimum absolute atomic E-state index is 0. The maximum absolute atomic E-state index is 12.5. The zero-order valence-corrected chi connectivity index (χ0v) is 17.4. The summed E-state index contributed by atoms with van der Waals surface area (Å²) in [4.78, 5) is 16.2. The zero-order chi connectivity index (χ0) is 20.4. The van der Waals surface area contributed by atoms with Crippen LogP contribution < -0.4 is 14.8 Å². The number of nitrogens with zero attached hydrogens (tertiary/aromatic N) is 1. The first-order valence-corrected chi connectivity index (χ1v) is 11.4. The quantitative estimate of drug-likeness (QED) is 0.608. The van der Waals surface area contributed by atoms with Crippen LogP contribution in [-0.4, -0.2) is 25.5 Å². The molecule has 1 aromatic heterocycles. The smallest absolute Gasteiger partial charge is 0.410 e. The highest BCUT2D eigenvalue weighted by Crippen LogP contribution is 2.27. The van der Waals surface area contributed by atoms with Crippen molar-refractivity contribution in [3.8, 4) is 5.75 Å². The number of carbonyl (C=O) groups excluding carboxylic acids is 1. The third-order valence-electron chi connectivity index (χ3n) is 4.42. The van der Waals surface area contributed by atoms with Crippen LogP contribution in [-0.2, 0) is 22.9 Å². The predicted octanol–water partition coefficient (Wildman–Crippen LogP) is 4.10. The predicted molar refractivity (Wildman–Crippen MR) is 113 cm³/mol. The molecule has 29 heavy (non-hydrogen) atoms. The first kappa shape index (κ1) is 19.7. The van der Waals surface area contributed by atoms with Crippen LogP contribution in [0.4, 0.5) is 9.93 Å². The Hall–Kier alpha value is -2.62. The number of sulfonamides is 1. The second kappa shape index (κ2) is 8.02. The summed E-state index contributed by atoms with van der Waals surface area (Å²) in [6, 6.07) is 11.3. The van der Waals surface area contributed by atoms with E-state index in [-0.39, 0.29) is 12.4 Å². The number of hydrogen-bond acceptors (Lipinski definition) is 6. The minimum Gasteiger partial charge on any atom is -0.410 e. The van der Waals surface area contributed by atoms with E-state index in [0.29, 0.717) is 28.7 Å². The van der Waals surface area contributed by atoms with Gasteiger partial charge in [0.05, 0.1) is 4.90 Å². The molecule has 7 nitrogen and oxygen atoms in total. The summed E-state index contributed by atoms with van der Waals surface area (Å²) in [5.41, 5.74) is 1.87. The van der Waals surface area contributed by atoms with E-state index in [1.165, 1.54) is 17.5 Å². The number of anilines is 1. The molecule has 0 bridgehead atoms. The van der Waals surface area contributed by atoms with Crippen LogP contribution >= 0.6 is 22.9 Å². The van der Waals surface area contributed by atoms with Crippen molar-refractivity contribution in [3.05, 3.63) is 70.2 Å². The molecule has 2 aromatic carbocycles. The number of carbonyl (C=O) groups is 1. The van der Waals surface area contributed by atoms with Gasteiger partial charge < -0.3 is 10.1 Å². The summed E-state index contributed by atoms with van der Waals surface area (Å²) < 4.78 is 32.8. The van der Waals surface area contributed by atoms with Crippen LogP contribution in [0.1, 0.15) is 12.6 Å². The molecule has 1 unspecified atom stereocenters. The SMILES string of the molecule is O=C(NC1Cc2ccc(S(=O)(=O)Nc3nccs3)cc2C1)Oc1ccc(Cl)cc1.[HH]. The van der Waals surface area contributed by atoms with Gasteiger partial charge >= 0.3 is 6.09 Å². The lowest BCUT2D eigenvalue weighted by atomic mass is 10.1. The van der Waals surface area contributed by atoms with E-state index < -0.39 is 16.1 Å². The molecule has 0 aliphatic heterocycles. The number of benzene rings is 2. The number of amides is 1. The van der Waals surface area contributed by atoms with E-state index in [2.05, 4.69) is 15.0 Å². The standard InChI is InChI=1S/C19H16ClN3O4S2.H2/c20-14-2-4-16(5-3-14)27-19(24)22-15-9-12-1-6-17(11-13(12)10-15)29(25,26)23-18-21-7-8-28-18;/h1-8,11,15H,9-10H2,(H,21,23)(H,22,24);1H. The van der Waals surface area contributed by atoms with Gasteiger partial charge in [0, 0.05) is 24.1 Å². The van der Waals surface area contributed by atoms with Gasteiger partial charge in [-0.15, -0.1) is 11.3 Å². The molecule has 1 heterocycles. The number of rotatable bonds is 5. The third kappa shape index (κ3) is 4.69. The Kier molecular flexibility index (Phi) is 5.44. The number of ether oxygens (including phenoxy) is 1. The Morgan fingerprint density at radius 3 is 2.66 bits per heavy atom. The number of thiazole rings is 1. The van der Waals surface area contributed by atoms with Crippen molar-refractivity contribution in [1.29, 1.82) is 0 Å². The molecule has 4 rings (SSSR count). The van der Waals surface area contributed by atoms with Crippen molar-refractivity contribution < 1.29 is 19.4 Å². The summed E-state index contributed by atoms with van der Waals surface area (Å²) in [7, 11) is -3.71. The molecule has 1 atom stereocenters. The molecule has 10 heteroatoms. The van der Waals surface area contributed by atoms with Gasteiger partial charge in [0.2, 0.25) is 0 Å². The Bertz CT molecular complexity index is 1140. The minimum atomic E-state index is -3.71. The Labute approximate surface area is 178 Å². The number of halogens is 1. The molecule has 1 aliphatic carbocycles. The Morgan fingerprint density at radius 1 is 1.17 bits per heavy atom. The fraction of sp³-hybridized carbons (Fsp3) is 0.158. The molecule has 0 fully saturated rings. The van der Waals surface area contributed by atoms with Gasteiger partial charge in [0.25, 0.3) is 10.0 Å². The largest absolute Gasteiger partial charge is 0.412 e. The number of nitrogens with one attached hydrogen (secondary N) is 2. The molecular formula is C19H18ClN3O4S2. The highest BCUT2D eigenvalue weighted by molar-refractivity contribution is 7.93. The van der Waals surface area contributed by atoms with Crippen molar-refractivity contribution in [2.45, 2.75) is 23.8 Å². The van der Waals surface area contributed by atoms with E-state index in [1.54, 1.807) is 47.8 Å². The van der Waals surface area contributed by atoms with Crippen LogP contribution in [0.25, 0.3) is 0 Å². The molecule has 0 radical (unpaired) electrons. The molecular weight excluding hydrogens is 434 g/mol. The first-order chi connectivity index (χ1) is 13.9. The normalized spacial score (nSPS) is 15.6. The number of aromatic nitrogens is 1. The fourth-order valence-corrected chi connectivity index (χ4v) is 5.08. The Balaban J connectivity index is 0.00000256. The van der Waals surface area contributed by atoms with Gasteiger partial charge in [-0.3, -0.25) is 4.72 Å². The Morgan fingerprint density at radius 2 is 1.93 bits per heavy atom. The van der Waals surface area contributed by atoms with Crippen LogP contribution in [0.2, 0.25) is 5.02 Å². The van der Waals surface area contributed by atoms with Crippen LogP contribution in [0.15, 0.2) is 58.9 Å². The summed E-state index contributed by atoms with van der Waals surface area (Å²) in [6.07, 6.45) is 2.09. The monoisotopic (exact) mass is 451 g/mol. The van der Waals surface area contributed by atoms with Crippen LogP contribution in [0, 0.1) is 0 Å². The van der Waals surface area contributed by atoms with Crippen molar-refractivity contribution in [2.75, 3.05) is 4.72 Å². The van der Waals surface area contributed by atoms with Gasteiger partial charge in [-0.2, -0.15) is 0 Å². The molecule has 152 valence electrons. The van der Waals surface area contributed by atoms with Gasteiger partial charge in [0.15, 0.2) is 5.13 Å². The van der Waals surface area contributed by atoms with Crippen molar-refractivity contribution in [2.24, 2.45) is 0 Å². The average Bonchev–Trinajstić information content (AvgIpc) is 3.31. The lowest BCUT2D eigenvalue weighted by Crippen LogP contribution is -2.37.